The van der Waals surface area contributed by atoms with Gasteiger partial charge in [-0.15, -0.1) is 0 Å². The maximum Gasteiger partial charge on any atom is 0.140 e. The number of rotatable bonds is 7. The Morgan fingerprint density at radius 2 is 2.00 bits per heavy atom. The summed E-state index contributed by atoms with van der Waals surface area (Å²) in [5.74, 6) is 0.943. The summed E-state index contributed by atoms with van der Waals surface area (Å²) >= 11 is 0. The first-order chi connectivity index (χ1) is 10.2. The molecule has 0 amide bonds. The van der Waals surface area contributed by atoms with Crippen LogP contribution in [0.25, 0.3) is 10.9 Å². The molecule has 1 aromatic carbocycles. The Hall–Kier alpha value is -1.88. The second-order valence-electron chi connectivity index (χ2n) is 5.13. The zero-order chi connectivity index (χ0) is 15.2. The van der Waals surface area contributed by atoms with Crippen LogP contribution in [0, 0.1) is 0 Å². The van der Waals surface area contributed by atoms with E-state index in [1.807, 2.05) is 18.2 Å². The second-order valence-corrected chi connectivity index (χ2v) is 5.13. The molecule has 5 nitrogen and oxygen atoms in total. The highest BCUT2D eigenvalue weighted by Gasteiger charge is 2.19. The molecule has 0 aliphatic carbocycles. The molecule has 0 unspecified atom stereocenters. The van der Waals surface area contributed by atoms with Crippen molar-refractivity contribution in [1.82, 2.24) is 9.97 Å². The average molecular weight is 288 g/mol. The Morgan fingerprint density at radius 1 is 1.24 bits per heavy atom. The van der Waals surface area contributed by atoms with Gasteiger partial charge in [0.05, 0.1) is 12.1 Å². The van der Waals surface area contributed by atoms with Crippen LogP contribution in [0.1, 0.15) is 26.7 Å². The number of anilines is 2. The molecule has 2 aromatic rings. The third-order valence-electron chi connectivity index (χ3n) is 3.83. The fourth-order valence-corrected chi connectivity index (χ4v) is 2.67. The van der Waals surface area contributed by atoms with Crippen molar-refractivity contribution < 1.29 is 4.74 Å². The van der Waals surface area contributed by atoms with Crippen LogP contribution in [-0.2, 0) is 4.74 Å². The van der Waals surface area contributed by atoms with Gasteiger partial charge in [0.25, 0.3) is 0 Å². The Morgan fingerprint density at radius 3 is 2.67 bits per heavy atom. The second kappa shape index (κ2) is 7.22. The first kappa shape index (κ1) is 15.5. The number of hydrogen-bond donors (Lipinski definition) is 1. The number of aromatic nitrogens is 2. The molecule has 0 aliphatic heterocycles. The average Bonchev–Trinajstić information content (AvgIpc) is 2.51. The Labute approximate surface area is 126 Å². The normalized spacial score (nSPS) is 11.2. The standard InChI is InChI=1S/C16H24N4O/c1-4-13(5-2)20(8-9-21-3)16-14-10-12(17)6-7-15(14)18-11-19-16/h6-7,10-11,13H,4-5,8-9,17H2,1-3H3. The van der Waals surface area contributed by atoms with Crippen molar-refractivity contribution in [3.63, 3.8) is 0 Å². The van der Waals surface area contributed by atoms with E-state index in [0.717, 1.165) is 41.8 Å². The molecule has 114 valence electrons. The topological polar surface area (TPSA) is 64.3 Å². The van der Waals surface area contributed by atoms with Gasteiger partial charge in [0.15, 0.2) is 0 Å². The first-order valence-electron chi connectivity index (χ1n) is 7.47. The van der Waals surface area contributed by atoms with Crippen molar-refractivity contribution in [3.05, 3.63) is 24.5 Å². The van der Waals surface area contributed by atoms with Gasteiger partial charge in [0.1, 0.15) is 12.1 Å². The predicted molar refractivity (Wildman–Crippen MR) is 87.5 cm³/mol. The number of hydrogen-bond acceptors (Lipinski definition) is 5. The van der Waals surface area contributed by atoms with E-state index in [-0.39, 0.29) is 0 Å². The van der Waals surface area contributed by atoms with Crippen LogP contribution in [0.4, 0.5) is 11.5 Å². The molecule has 5 heteroatoms. The van der Waals surface area contributed by atoms with Gasteiger partial charge in [-0.2, -0.15) is 0 Å². The molecule has 0 bridgehead atoms. The minimum Gasteiger partial charge on any atom is -0.399 e. The van der Waals surface area contributed by atoms with Crippen molar-refractivity contribution in [1.29, 1.82) is 0 Å². The quantitative estimate of drug-likeness (QED) is 0.794. The zero-order valence-electron chi connectivity index (χ0n) is 13.0. The third kappa shape index (κ3) is 3.42. The lowest BCUT2D eigenvalue weighted by atomic mass is 10.1. The van der Waals surface area contributed by atoms with E-state index in [2.05, 4.69) is 28.7 Å². The van der Waals surface area contributed by atoms with Crippen LogP contribution >= 0.6 is 0 Å². The molecule has 2 N–H and O–H groups in total. The summed E-state index contributed by atoms with van der Waals surface area (Å²) in [5, 5.41) is 1.00. The summed E-state index contributed by atoms with van der Waals surface area (Å²) in [6.45, 7) is 5.88. The van der Waals surface area contributed by atoms with E-state index in [1.54, 1.807) is 13.4 Å². The van der Waals surface area contributed by atoms with Gasteiger partial charge in [0, 0.05) is 30.8 Å². The van der Waals surface area contributed by atoms with Crippen molar-refractivity contribution >= 4 is 22.4 Å². The van der Waals surface area contributed by atoms with Crippen LogP contribution in [0.3, 0.4) is 0 Å². The minimum absolute atomic E-state index is 0.430. The lowest BCUT2D eigenvalue weighted by Gasteiger charge is -2.32. The van der Waals surface area contributed by atoms with Gasteiger partial charge in [-0.3, -0.25) is 0 Å². The number of ether oxygens (including phenoxy) is 1. The van der Waals surface area contributed by atoms with Crippen molar-refractivity contribution in [3.8, 4) is 0 Å². The van der Waals surface area contributed by atoms with Gasteiger partial charge in [0.2, 0.25) is 0 Å². The molecule has 2 rings (SSSR count). The first-order valence-corrected chi connectivity index (χ1v) is 7.47. The highest BCUT2D eigenvalue weighted by molar-refractivity contribution is 5.91. The predicted octanol–water partition coefficient (Wildman–Crippen LogP) is 2.85. The number of benzene rings is 1. The molecule has 0 aliphatic rings. The molecule has 1 aromatic heterocycles. The molecule has 1 heterocycles. The SMILES string of the molecule is CCC(CC)N(CCOC)c1ncnc2ccc(N)cc12. The van der Waals surface area contributed by atoms with E-state index in [4.69, 9.17) is 10.5 Å². The van der Waals surface area contributed by atoms with Crippen molar-refractivity contribution in [2.75, 3.05) is 30.9 Å². The lowest BCUT2D eigenvalue weighted by molar-refractivity contribution is 0.202. The summed E-state index contributed by atoms with van der Waals surface area (Å²) in [7, 11) is 1.72. The monoisotopic (exact) mass is 288 g/mol. The largest absolute Gasteiger partial charge is 0.399 e. The molecule has 0 saturated heterocycles. The fourth-order valence-electron chi connectivity index (χ4n) is 2.67. The molecular weight excluding hydrogens is 264 g/mol. The van der Waals surface area contributed by atoms with Crippen LogP contribution in [0.15, 0.2) is 24.5 Å². The molecule has 0 spiro atoms. The molecule has 0 saturated carbocycles. The van der Waals surface area contributed by atoms with E-state index in [1.165, 1.54) is 0 Å². The van der Waals surface area contributed by atoms with Crippen LogP contribution in [-0.4, -0.2) is 36.3 Å². The van der Waals surface area contributed by atoms with E-state index in [9.17, 15) is 0 Å². The van der Waals surface area contributed by atoms with Gasteiger partial charge in [-0.25, -0.2) is 9.97 Å². The summed E-state index contributed by atoms with van der Waals surface area (Å²) < 4.78 is 5.26. The van der Waals surface area contributed by atoms with Crippen LogP contribution < -0.4 is 10.6 Å². The number of nitrogens with zero attached hydrogens (tertiary/aromatic N) is 3. The van der Waals surface area contributed by atoms with Gasteiger partial charge < -0.3 is 15.4 Å². The number of fused-ring (bicyclic) bond motifs is 1. The lowest BCUT2D eigenvalue weighted by Crippen LogP contribution is -2.37. The van der Waals surface area contributed by atoms with Crippen LogP contribution in [0.5, 0.6) is 0 Å². The summed E-state index contributed by atoms with van der Waals surface area (Å²) in [6, 6.07) is 6.19. The fraction of sp³-hybridized carbons (Fsp3) is 0.500. The number of nitrogen functional groups attached to an aromatic ring is 1. The Bertz CT molecular complexity index is 583. The minimum atomic E-state index is 0.430. The Kier molecular flexibility index (Phi) is 5.33. The van der Waals surface area contributed by atoms with Gasteiger partial charge in [-0.05, 0) is 31.0 Å². The number of nitrogens with two attached hydrogens (primary N) is 1. The summed E-state index contributed by atoms with van der Waals surface area (Å²) in [5.41, 5.74) is 7.59. The van der Waals surface area contributed by atoms with Crippen molar-refractivity contribution in [2.24, 2.45) is 0 Å². The van der Waals surface area contributed by atoms with Crippen LogP contribution in [0.2, 0.25) is 0 Å². The Balaban J connectivity index is 2.50. The highest BCUT2D eigenvalue weighted by atomic mass is 16.5. The molecular formula is C16H24N4O. The molecule has 0 atom stereocenters. The number of methoxy groups -OCH3 is 1. The smallest absolute Gasteiger partial charge is 0.140 e. The summed E-state index contributed by atoms with van der Waals surface area (Å²) in [4.78, 5) is 11.2. The highest BCUT2D eigenvalue weighted by Crippen LogP contribution is 2.27. The zero-order valence-corrected chi connectivity index (χ0v) is 13.0. The van der Waals surface area contributed by atoms with Gasteiger partial charge in [-0.1, -0.05) is 13.8 Å². The van der Waals surface area contributed by atoms with Crippen molar-refractivity contribution in [2.45, 2.75) is 32.7 Å². The van der Waals surface area contributed by atoms with E-state index in [0.29, 0.717) is 12.6 Å². The van der Waals surface area contributed by atoms with E-state index >= 15 is 0 Å². The maximum absolute atomic E-state index is 5.94. The molecule has 21 heavy (non-hydrogen) atoms. The molecule has 0 fully saturated rings. The van der Waals surface area contributed by atoms with Gasteiger partial charge >= 0.3 is 0 Å². The summed E-state index contributed by atoms with van der Waals surface area (Å²) in [6.07, 6.45) is 3.75. The molecule has 0 radical (unpaired) electrons. The third-order valence-corrected chi connectivity index (χ3v) is 3.83. The van der Waals surface area contributed by atoms with E-state index < -0.39 is 0 Å². The maximum atomic E-state index is 5.94.